The fraction of sp³-hybridized carbons (Fsp3) is 0.222. The van der Waals surface area contributed by atoms with Gasteiger partial charge in [-0.3, -0.25) is 4.79 Å². The van der Waals surface area contributed by atoms with Gasteiger partial charge in [0.2, 0.25) is 0 Å². The summed E-state index contributed by atoms with van der Waals surface area (Å²) in [5.41, 5.74) is 3.70. The highest BCUT2D eigenvalue weighted by Crippen LogP contribution is 2.22. The normalized spacial score (nSPS) is 10.7. The van der Waals surface area contributed by atoms with Gasteiger partial charge in [-0.2, -0.15) is 0 Å². The molecule has 3 rings (SSSR count). The van der Waals surface area contributed by atoms with Gasteiger partial charge in [0.1, 0.15) is 5.75 Å². The van der Waals surface area contributed by atoms with Gasteiger partial charge in [0.25, 0.3) is 5.56 Å². The van der Waals surface area contributed by atoms with E-state index in [1.165, 1.54) is 4.57 Å². The minimum absolute atomic E-state index is 0.0272. The summed E-state index contributed by atoms with van der Waals surface area (Å²) in [6.45, 7) is 2.62. The topological polar surface area (TPSA) is 56.1 Å². The number of hydrogen-bond acceptors (Lipinski definition) is 4. The van der Waals surface area contributed by atoms with E-state index >= 15 is 0 Å². The van der Waals surface area contributed by atoms with Crippen molar-refractivity contribution in [1.82, 2.24) is 9.55 Å². The maximum absolute atomic E-state index is 12.3. The molecule has 2 aromatic carbocycles. The molecular weight excluding hydrogens is 290 g/mol. The molecule has 118 valence electrons. The van der Waals surface area contributed by atoms with E-state index in [-0.39, 0.29) is 5.56 Å². The first-order chi connectivity index (χ1) is 11.1. The van der Waals surface area contributed by atoms with E-state index in [1.807, 2.05) is 43.3 Å². The van der Waals surface area contributed by atoms with Crippen LogP contribution in [0.4, 0.5) is 5.69 Å². The Morgan fingerprint density at radius 1 is 1.17 bits per heavy atom. The molecule has 0 spiro atoms. The summed E-state index contributed by atoms with van der Waals surface area (Å²) in [7, 11) is 3.37. The van der Waals surface area contributed by atoms with Crippen molar-refractivity contribution in [3.8, 4) is 5.75 Å². The van der Waals surface area contributed by atoms with Crippen molar-refractivity contribution in [1.29, 1.82) is 0 Å². The number of anilines is 1. The number of aromatic nitrogens is 2. The zero-order valence-corrected chi connectivity index (χ0v) is 13.5. The number of benzene rings is 2. The lowest BCUT2D eigenvalue weighted by atomic mass is 10.1. The number of rotatable bonds is 4. The third-order valence-corrected chi connectivity index (χ3v) is 3.99. The van der Waals surface area contributed by atoms with Crippen LogP contribution in [0, 0.1) is 6.92 Å². The van der Waals surface area contributed by atoms with Crippen LogP contribution in [-0.4, -0.2) is 16.7 Å². The zero-order chi connectivity index (χ0) is 16.4. The zero-order valence-electron chi connectivity index (χ0n) is 13.5. The largest absolute Gasteiger partial charge is 0.497 e. The van der Waals surface area contributed by atoms with Crippen LogP contribution in [0.1, 0.15) is 11.1 Å². The molecule has 0 radical (unpaired) electrons. The molecule has 0 atom stereocenters. The standard InChI is InChI=1S/C18H19N3O2/c1-12-15(19-10-13-4-6-14(23-3)7-5-13)8-9-16-17(12)18(22)21(2)11-20-16/h4-9,11,19H,10H2,1-3H3. The molecule has 0 amide bonds. The first-order valence-electron chi connectivity index (χ1n) is 7.42. The number of nitrogens with zero attached hydrogens (tertiary/aromatic N) is 2. The van der Waals surface area contributed by atoms with Crippen molar-refractivity contribution in [2.24, 2.45) is 7.05 Å². The fourth-order valence-electron chi connectivity index (χ4n) is 2.58. The van der Waals surface area contributed by atoms with Gasteiger partial charge in [-0.25, -0.2) is 4.98 Å². The van der Waals surface area contributed by atoms with Gasteiger partial charge >= 0.3 is 0 Å². The first-order valence-corrected chi connectivity index (χ1v) is 7.42. The van der Waals surface area contributed by atoms with Gasteiger partial charge < -0.3 is 14.6 Å². The molecule has 0 fully saturated rings. The van der Waals surface area contributed by atoms with Gasteiger partial charge in [-0.15, -0.1) is 0 Å². The minimum atomic E-state index is -0.0272. The number of fused-ring (bicyclic) bond motifs is 1. The van der Waals surface area contributed by atoms with E-state index in [9.17, 15) is 4.79 Å². The Balaban J connectivity index is 1.89. The fourth-order valence-corrected chi connectivity index (χ4v) is 2.58. The van der Waals surface area contributed by atoms with Crippen LogP contribution in [-0.2, 0) is 13.6 Å². The number of nitrogens with one attached hydrogen (secondary N) is 1. The van der Waals surface area contributed by atoms with Gasteiger partial charge in [-0.05, 0) is 42.3 Å². The second-order valence-electron chi connectivity index (χ2n) is 5.49. The molecule has 0 saturated carbocycles. The van der Waals surface area contributed by atoms with Crippen molar-refractivity contribution in [3.05, 3.63) is 64.2 Å². The molecule has 23 heavy (non-hydrogen) atoms. The van der Waals surface area contributed by atoms with Crippen molar-refractivity contribution in [3.63, 3.8) is 0 Å². The van der Waals surface area contributed by atoms with Crippen molar-refractivity contribution in [2.75, 3.05) is 12.4 Å². The lowest BCUT2D eigenvalue weighted by Gasteiger charge is -2.12. The molecule has 1 N–H and O–H groups in total. The number of hydrogen-bond donors (Lipinski definition) is 1. The quantitative estimate of drug-likeness (QED) is 0.805. The van der Waals surface area contributed by atoms with Crippen molar-refractivity contribution >= 4 is 16.6 Å². The van der Waals surface area contributed by atoms with Gasteiger partial charge in [-0.1, -0.05) is 12.1 Å². The van der Waals surface area contributed by atoms with Crippen LogP contribution >= 0.6 is 0 Å². The SMILES string of the molecule is COc1ccc(CNc2ccc3ncn(C)c(=O)c3c2C)cc1. The number of methoxy groups -OCH3 is 1. The Bertz CT molecular complexity index is 899. The Labute approximate surface area is 134 Å². The average Bonchev–Trinajstić information content (AvgIpc) is 2.58. The highest BCUT2D eigenvalue weighted by atomic mass is 16.5. The summed E-state index contributed by atoms with van der Waals surface area (Å²) >= 11 is 0. The highest BCUT2D eigenvalue weighted by molar-refractivity contribution is 5.86. The summed E-state index contributed by atoms with van der Waals surface area (Å²) in [4.78, 5) is 16.6. The maximum Gasteiger partial charge on any atom is 0.261 e. The lowest BCUT2D eigenvalue weighted by Crippen LogP contribution is -2.18. The second-order valence-corrected chi connectivity index (χ2v) is 5.49. The second kappa shape index (κ2) is 6.12. The Morgan fingerprint density at radius 2 is 1.91 bits per heavy atom. The van der Waals surface area contributed by atoms with E-state index < -0.39 is 0 Å². The Morgan fingerprint density at radius 3 is 2.61 bits per heavy atom. The molecule has 3 aromatic rings. The summed E-state index contributed by atoms with van der Waals surface area (Å²) in [5, 5.41) is 4.05. The monoisotopic (exact) mass is 309 g/mol. The predicted octanol–water partition coefficient (Wildman–Crippen LogP) is 2.86. The molecule has 5 heteroatoms. The van der Waals surface area contributed by atoms with Crippen LogP contribution in [0.15, 0.2) is 47.5 Å². The molecule has 0 unspecified atom stereocenters. The molecule has 1 aromatic heterocycles. The number of aryl methyl sites for hydroxylation is 2. The minimum Gasteiger partial charge on any atom is -0.497 e. The lowest BCUT2D eigenvalue weighted by molar-refractivity contribution is 0.414. The van der Waals surface area contributed by atoms with Crippen molar-refractivity contribution in [2.45, 2.75) is 13.5 Å². The first kappa shape index (κ1) is 15.1. The molecular formula is C18H19N3O2. The summed E-state index contributed by atoms with van der Waals surface area (Å²) < 4.78 is 6.66. The summed E-state index contributed by atoms with van der Waals surface area (Å²) in [5.74, 6) is 0.838. The smallest absolute Gasteiger partial charge is 0.261 e. The van der Waals surface area contributed by atoms with Gasteiger partial charge in [0, 0.05) is 19.3 Å². The van der Waals surface area contributed by atoms with E-state index in [4.69, 9.17) is 4.74 Å². The van der Waals surface area contributed by atoms with Crippen LogP contribution in [0.2, 0.25) is 0 Å². The van der Waals surface area contributed by atoms with Crippen LogP contribution in [0.5, 0.6) is 5.75 Å². The van der Waals surface area contributed by atoms with E-state index in [0.29, 0.717) is 11.9 Å². The van der Waals surface area contributed by atoms with E-state index in [0.717, 1.165) is 28.1 Å². The third kappa shape index (κ3) is 2.90. The van der Waals surface area contributed by atoms with Crippen molar-refractivity contribution < 1.29 is 4.74 Å². The molecule has 0 aliphatic carbocycles. The maximum atomic E-state index is 12.3. The summed E-state index contributed by atoms with van der Waals surface area (Å²) in [6.07, 6.45) is 1.55. The molecule has 0 aliphatic rings. The molecule has 0 aliphatic heterocycles. The molecule has 1 heterocycles. The van der Waals surface area contributed by atoms with E-state index in [1.54, 1.807) is 20.5 Å². The molecule has 0 bridgehead atoms. The van der Waals surface area contributed by atoms with Crippen LogP contribution in [0.25, 0.3) is 10.9 Å². The Kier molecular flexibility index (Phi) is 4.02. The third-order valence-electron chi connectivity index (χ3n) is 3.99. The molecule has 0 saturated heterocycles. The predicted molar refractivity (Wildman–Crippen MR) is 92.0 cm³/mol. The molecule has 5 nitrogen and oxygen atoms in total. The van der Waals surface area contributed by atoms with Crippen LogP contribution < -0.4 is 15.6 Å². The number of ether oxygens (including phenoxy) is 1. The highest BCUT2D eigenvalue weighted by Gasteiger charge is 2.09. The Hall–Kier alpha value is -2.82. The van der Waals surface area contributed by atoms with Gasteiger partial charge in [0.15, 0.2) is 0 Å². The average molecular weight is 309 g/mol. The van der Waals surface area contributed by atoms with Gasteiger partial charge in [0.05, 0.1) is 24.3 Å². The van der Waals surface area contributed by atoms with E-state index in [2.05, 4.69) is 10.3 Å². The van der Waals surface area contributed by atoms with Crippen LogP contribution in [0.3, 0.4) is 0 Å². The summed E-state index contributed by atoms with van der Waals surface area (Å²) in [6, 6.07) is 11.7.